The van der Waals surface area contributed by atoms with E-state index in [1.165, 1.54) is 14.5 Å². The molecule has 146 valence electrons. The molecule has 0 amide bonds. The summed E-state index contributed by atoms with van der Waals surface area (Å²) in [5.41, 5.74) is 3.37. The number of rotatable bonds is 7. The molecular formula is C25H21BrO2Se. The van der Waals surface area contributed by atoms with E-state index in [9.17, 15) is 0 Å². The van der Waals surface area contributed by atoms with Crippen molar-refractivity contribution in [3.05, 3.63) is 90.5 Å². The van der Waals surface area contributed by atoms with Crippen LogP contribution in [0, 0.1) is 0 Å². The van der Waals surface area contributed by atoms with Crippen LogP contribution in [0.1, 0.15) is 5.56 Å². The van der Waals surface area contributed by atoms with Crippen LogP contribution in [0.3, 0.4) is 0 Å². The first-order chi connectivity index (χ1) is 14.3. The number of hydrogen-bond acceptors (Lipinski definition) is 2. The van der Waals surface area contributed by atoms with E-state index in [1.54, 1.807) is 7.11 Å². The van der Waals surface area contributed by atoms with Gasteiger partial charge in [-0.05, 0) is 0 Å². The Kier molecular flexibility index (Phi) is 6.56. The van der Waals surface area contributed by atoms with Crippen molar-refractivity contribution in [2.24, 2.45) is 0 Å². The van der Waals surface area contributed by atoms with Crippen molar-refractivity contribution in [1.29, 1.82) is 0 Å². The number of ether oxygens (including phenoxy) is 1. The summed E-state index contributed by atoms with van der Waals surface area (Å²) in [6.45, 7) is 0. The number of hydrogen-bond donors (Lipinski definition) is 0. The Labute approximate surface area is 186 Å². The van der Waals surface area contributed by atoms with Crippen LogP contribution in [0.25, 0.3) is 22.6 Å². The van der Waals surface area contributed by atoms with E-state index in [2.05, 4.69) is 76.6 Å². The second-order valence-corrected chi connectivity index (χ2v) is 9.56. The molecule has 1 aromatic heterocycles. The van der Waals surface area contributed by atoms with Crippen LogP contribution < -0.4 is 13.7 Å². The fourth-order valence-corrected chi connectivity index (χ4v) is 6.02. The van der Waals surface area contributed by atoms with Gasteiger partial charge in [-0.15, -0.1) is 0 Å². The standard InChI is InChI=1S/C25H21BrO2Se/c1-27-22-15-9-8-14-20(22)24-21(16-17-26)25(29-19-12-6-3-7-13-19)23(28-24)18-10-4-2-5-11-18/h2-15H,16-17H2,1H3. The van der Waals surface area contributed by atoms with Crippen molar-refractivity contribution in [3.63, 3.8) is 0 Å². The predicted octanol–water partition coefficient (Wildman–Crippen LogP) is 5.21. The summed E-state index contributed by atoms with van der Waals surface area (Å²) >= 11 is 3.78. The molecule has 0 aliphatic heterocycles. The summed E-state index contributed by atoms with van der Waals surface area (Å²) < 4.78 is 14.9. The molecule has 0 N–H and O–H groups in total. The molecule has 0 aliphatic rings. The fraction of sp³-hybridized carbons (Fsp3) is 0.120. The molecule has 4 heteroatoms. The van der Waals surface area contributed by atoms with Gasteiger partial charge in [0.2, 0.25) is 0 Å². The predicted molar refractivity (Wildman–Crippen MR) is 125 cm³/mol. The van der Waals surface area contributed by atoms with Crippen molar-refractivity contribution in [2.45, 2.75) is 6.42 Å². The van der Waals surface area contributed by atoms with Crippen molar-refractivity contribution in [1.82, 2.24) is 0 Å². The van der Waals surface area contributed by atoms with Gasteiger partial charge in [0.25, 0.3) is 0 Å². The van der Waals surface area contributed by atoms with Crippen LogP contribution in [-0.2, 0) is 6.42 Å². The molecule has 0 bridgehead atoms. The van der Waals surface area contributed by atoms with Gasteiger partial charge >= 0.3 is 187 Å². The third-order valence-electron chi connectivity index (χ3n) is 4.65. The van der Waals surface area contributed by atoms with Crippen LogP contribution in [0.4, 0.5) is 0 Å². The van der Waals surface area contributed by atoms with Crippen LogP contribution in [-0.4, -0.2) is 27.4 Å². The van der Waals surface area contributed by atoms with Crippen LogP contribution in [0.5, 0.6) is 5.75 Å². The van der Waals surface area contributed by atoms with Crippen molar-refractivity contribution < 1.29 is 9.15 Å². The molecule has 0 saturated carbocycles. The molecule has 0 radical (unpaired) electrons. The average Bonchev–Trinajstić information content (AvgIpc) is 3.13. The average molecular weight is 512 g/mol. The third kappa shape index (κ3) is 4.35. The zero-order chi connectivity index (χ0) is 20.1. The molecule has 0 saturated heterocycles. The van der Waals surface area contributed by atoms with E-state index >= 15 is 0 Å². The summed E-state index contributed by atoms with van der Waals surface area (Å²) in [4.78, 5) is 0. The van der Waals surface area contributed by atoms with Crippen LogP contribution >= 0.6 is 15.9 Å². The Bertz CT molecular complexity index is 1070. The first-order valence-electron chi connectivity index (χ1n) is 9.45. The van der Waals surface area contributed by atoms with E-state index in [0.717, 1.165) is 40.1 Å². The van der Waals surface area contributed by atoms with E-state index in [4.69, 9.17) is 9.15 Å². The second-order valence-electron chi connectivity index (χ2n) is 6.49. The molecule has 0 atom stereocenters. The van der Waals surface area contributed by atoms with E-state index in [-0.39, 0.29) is 15.0 Å². The summed E-state index contributed by atoms with van der Waals surface area (Å²) in [5, 5.41) is 0.876. The minimum atomic E-state index is 0.133. The number of furan rings is 1. The molecule has 0 unspecified atom stereocenters. The van der Waals surface area contributed by atoms with Crippen molar-refractivity contribution in [3.8, 4) is 28.4 Å². The van der Waals surface area contributed by atoms with Crippen LogP contribution in [0.15, 0.2) is 89.3 Å². The fourth-order valence-electron chi connectivity index (χ4n) is 3.32. The Morgan fingerprint density at radius 1 is 0.828 bits per heavy atom. The minimum absolute atomic E-state index is 0.133. The quantitative estimate of drug-likeness (QED) is 0.251. The van der Waals surface area contributed by atoms with Crippen LogP contribution in [0.2, 0.25) is 0 Å². The van der Waals surface area contributed by atoms with Gasteiger partial charge in [-0.2, -0.15) is 0 Å². The van der Waals surface area contributed by atoms with E-state index < -0.39 is 0 Å². The molecule has 0 spiro atoms. The zero-order valence-corrected chi connectivity index (χ0v) is 19.4. The van der Waals surface area contributed by atoms with Gasteiger partial charge in [0, 0.05) is 0 Å². The molecule has 29 heavy (non-hydrogen) atoms. The monoisotopic (exact) mass is 512 g/mol. The van der Waals surface area contributed by atoms with Gasteiger partial charge in [0.15, 0.2) is 0 Å². The Hall–Kier alpha value is -2.26. The first kappa shape index (κ1) is 20.0. The summed E-state index contributed by atoms with van der Waals surface area (Å²) in [5.74, 6) is 2.70. The summed E-state index contributed by atoms with van der Waals surface area (Å²) in [7, 11) is 1.71. The number of methoxy groups -OCH3 is 1. The van der Waals surface area contributed by atoms with E-state index in [0.29, 0.717) is 0 Å². The van der Waals surface area contributed by atoms with Gasteiger partial charge < -0.3 is 0 Å². The number of benzene rings is 3. The van der Waals surface area contributed by atoms with Gasteiger partial charge in [-0.25, -0.2) is 0 Å². The van der Waals surface area contributed by atoms with Gasteiger partial charge in [-0.3, -0.25) is 0 Å². The third-order valence-corrected chi connectivity index (χ3v) is 7.45. The number of para-hydroxylation sites is 1. The molecule has 3 aromatic carbocycles. The topological polar surface area (TPSA) is 22.4 Å². The number of halogens is 1. The second kappa shape index (κ2) is 9.49. The maximum absolute atomic E-state index is 6.60. The summed E-state index contributed by atoms with van der Waals surface area (Å²) in [6, 6.07) is 29.1. The molecular weight excluding hydrogens is 491 g/mol. The molecule has 4 aromatic rings. The molecule has 2 nitrogen and oxygen atoms in total. The Morgan fingerprint density at radius 3 is 2.17 bits per heavy atom. The van der Waals surface area contributed by atoms with Gasteiger partial charge in [0.1, 0.15) is 0 Å². The Morgan fingerprint density at radius 2 is 1.48 bits per heavy atom. The SMILES string of the molecule is COc1ccccc1-c1oc(-c2ccccc2)c([Se]c2ccccc2)c1CCBr. The normalized spacial score (nSPS) is 10.8. The zero-order valence-electron chi connectivity index (χ0n) is 16.1. The first-order valence-corrected chi connectivity index (χ1v) is 12.3. The van der Waals surface area contributed by atoms with Crippen molar-refractivity contribution >= 4 is 39.8 Å². The van der Waals surface area contributed by atoms with Gasteiger partial charge in [0.05, 0.1) is 0 Å². The van der Waals surface area contributed by atoms with Gasteiger partial charge in [-0.1, -0.05) is 0 Å². The maximum atomic E-state index is 6.60. The molecule has 4 rings (SSSR count). The summed E-state index contributed by atoms with van der Waals surface area (Å²) in [6.07, 6.45) is 0.896. The molecule has 0 aliphatic carbocycles. The molecule has 0 fully saturated rings. The van der Waals surface area contributed by atoms with Crippen molar-refractivity contribution in [2.75, 3.05) is 12.4 Å². The molecule has 1 heterocycles. The number of alkyl halides is 1. The van der Waals surface area contributed by atoms with E-state index in [1.807, 2.05) is 24.3 Å². The Balaban J connectivity index is 1.94.